The Bertz CT molecular complexity index is 436. The number of nitrogens with zero attached hydrogens (tertiary/aromatic N) is 1. The van der Waals surface area contributed by atoms with E-state index in [1.807, 2.05) is 18.2 Å². The predicted molar refractivity (Wildman–Crippen MR) is 77.5 cm³/mol. The minimum absolute atomic E-state index is 0.148. The van der Waals surface area contributed by atoms with Gasteiger partial charge < -0.3 is 9.64 Å². The fraction of sp³-hybridized carbons (Fsp3) is 0.385. The Morgan fingerprint density at radius 1 is 1.50 bits per heavy atom. The van der Waals surface area contributed by atoms with Gasteiger partial charge in [-0.25, -0.2) is 0 Å². The zero-order valence-corrected chi connectivity index (χ0v) is 11.8. The molecule has 1 fully saturated rings. The van der Waals surface area contributed by atoms with Crippen LogP contribution in [0.3, 0.4) is 0 Å². The fourth-order valence-corrected chi connectivity index (χ4v) is 3.34. The second kappa shape index (κ2) is 6.20. The Kier molecular flexibility index (Phi) is 4.60. The van der Waals surface area contributed by atoms with Crippen LogP contribution in [0.5, 0.6) is 0 Å². The molecule has 1 heterocycles. The lowest BCUT2D eigenvalue weighted by Gasteiger charge is -2.24. The molecule has 1 saturated heterocycles. The van der Waals surface area contributed by atoms with Crippen LogP contribution in [0.1, 0.15) is 12.0 Å². The van der Waals surface area contributed by atoms with Crippen LogP contribution in [0.15, 0.2) is 30.3 Å². The second-order valence-corrected chi connectivity index (χ2v) is 5.78. The largest absolute Gasteiger partial charge is 0.469 e. The molecule has 1 aliphatic rings. The molecule has 3 nitrogen and oxygen atoms in total. The number of benzene rings is 1. The summed E-state index contributed by atoms with van der Waals surface area (Å²) in [4.78, 5) is 13.5. The van der Waals surface area contributed by atoms with Crippen LogP contribution in [0.2, 0.25) is 0 Å². The van der Waals surface area contributed by atoms with E-state index in [0.29, 0.717) is 6.42 Å². The van der Waals surface area contributed by atoms with Gasteiger partial charge in [0.15, 0.2) is 0 Å². The Hall–Kier alpha value is -1.07. The third kappa shape index (κ3) is 3.23. The highest BCUT2D eigenvalue weighted by Crippen LogP contribution is 2.28. The van der Waals surface area contributed by atoms with Crippen LogP contribution >= 0.6 is 24.0 Å². The van der Waals surface area contributed by atoms with Gasteiger partial charge in [-0.15, -0.1) is 0 Å². The van der Waals surface area contributed by atoms with Crippen LogP contribution in [0.25, 0.3) is 0 Å². The van der Waals surface area contributed by atoms with Gasteiger partial charge >= 0.3 is 5.97 Å². The normalized spacial score (nSPS) is 19.1. The number of ether oxygens (including phenoxy) is 1. The van der Waals surface area contributed by atoms with Gasteiger partial charge in [-0.3, -0.25) is 4.79 Å². The van der Waals surface area contributed by atoms with Gasteiger partial charge in [-0.05, 0) is 5.56 Å². The summed E-state index contributed by atoms with van der Waals surface area (Å²) in [6.45, 7) is 0.758. The topological polar surface area (TPSA) is 29.5 Å². The molecule has 0 N–H and O–H groups in total. The summed E-state index contributed by atoms with van der Waals surface area (Å²) in [5, 5.41) is 0. The molecule has 96 valence electrons. The van der Waals surface area contributed by atoms with Gasteiger partial charge in [0.05, 0.1) is 19.6 Å². The maximum atomic E-state index is 11.4. The molecule has 0 aliphatic carbocycles. The number of hydrogen-bond donors (Lipinski definition) is 0. The third-order valence-corrected chi connectivity index (χ3v) is 4.52. The average molecular weight is 281 g/mol. The standard InChI is InChI=1S/C13H15NO2S2/c1-16-12(15)7-11-9-18-13(17)14(11)8-10-5-3-2-4-6-10/h2-6,11H,7-9H2,1H3. The van der Waals surface area contributed by atoms with E-state index in [9.17, 15) is 4.79 Å². The maximum Gasteiger partial charge on any atom is 0.307 e. The van der Waals surface area contributed by atoms with E-state index in [1.54, 1.807) is 11.8 Å². The van der Waals surface area contributed by atoms with Gasteiger partial charge in [-0.2, -0.15) is 0 Å². The molecule has 0 bridgehead atoms. The van der Waals surface area contributed by atoms with Crippen molar-refractivity contribution in [3.63, 3.8) is 0 Å². The smallest absolute Gasteiger partial charge is 0.307 e. The van der Waals surface area contributed by atoms with Crippen molar-refractivity contribution < 1.29 is 9.53 Å². The van der Waals surface area contributed by atoms with Crippen molar-refractivity contribution in [2.45, 2.75) is 19.0 Å². The number of esters is 1. The molecule has 1 aromatic rings. The number of thioether (sulfide) groups is 1. The quantitative estimate of drug-likeness (QED) is 0.625. The summed E-state index contributed by atoms with van der Waals surface area (Å²) >= 11 is 6.98. The molecule has 1 aliphatic heterocycles. The maximum absolute atomic E-state index is 11.4. The number of carbonyl (C=O) groups excluding carboxylic acids is 1. The van der Waals surface area contributed by atoms with Crippen molar-refractivity contribution in [3.8, 4) is 0 Å². The predicted octanol–water partition coefficient (Wildman–Crippen LogP) is 2.45. The van der Waals surface area contributed by atoms with E-state index >= 15 is 0 Å². The molecule has 18 heavy (non-hydrogen) atoms. The monoisotopic (exact) mass is 281 g/mol. The van der Waals surface area contributed by atoms with E-state index in [2.05, 4.69) is 17.0 Å². The van der Waals surface area contributed by atoms with E-state index in [0.717, 1.165) is 16.6 Å². The first kappa shape index (κ1) is 13.4. The summed E-state index contributed by atoms with van der Waals surface area (Å²) in [5.41, 5.74) is 1.21. The van der Waals surface area contributed by atoms with Gasteiger partial charge in [0.25, 0.3) is 0 Å². The molecule has 1 unspecified atom stereocenters. The van der Waals surface area contributed by atoms with Crippen LogP contribution < -0.4 is 0 Å². The lowest BCUT2D eigenvalue weighted by atomic mass is 10.1. The number of hydrogen-bond acceptors (Lipinski definition) is 4. The lowest BCUT2D eigenvalue weighted by Crippen LogP contribution is -2.34. The molecule has 5 heteroatoms. The minimum Gasteiger partial charge on any atom is -0.469 e. The van der Waals surface area contributed by atoms with Crippen molar-refractivity contribution in [2.24, 2.45) is 0 Å². The van der Waals surface area contributed by atoms with Crippen molar-refractivity contribution >= 4 is 34.3 Å². The average Bonchev–Trinajstić information content (AvgIpc) is 2.72. The van der Waals surface area contributed by atoms with Crippen molar-refractivity contribution in [1.29, 1.82) is 0 Å². The minimum atomic E-state index is -0.177. The Labute approximate surface area is 116 Å². The summed E-state index contributed by atoms with van der Waals surface area (Å²) in [5.74, 6) is 0.684. The SMILES string of the molecule is COC(=O)CC1CSC(=S)N1Cc1ccccc1. The zero-order valence-electron chi connectivity index (χ0n) is 10.2. The second-order valence-electron chi connectivity index (χ2n) is 4.12. The van der Waals surface area contributed by atoms with E-state index in [4.69, 9.17) is 17.0 Å². The van der Waals surface area contributed by atoms with Crippen LogP contribution in [-0.4, -0.2) is 34.1 Å². The first-order valence-electron chi connectivity index (χ1n) is 5.75. The fourth-order valence-electron chi connectivity index (χ4n) is 1.91. The molecule has 0 aromatic heterocycles. The molecule has 1 atom stereocenters. The molecular weight excluding hydrogens is 266 g/mol. The van der Waals surface area contributed by atoms with Gasteiger partial charge in [0.1, 0.15) is 4.32 Å². The molecule has 0 saturated carbocycles. The summed E-state index contributed by atoms with van der Waals surface area (Å²) in [7, 11) is 1.42. The van der Waals surface area contributed by atoms with Crippen molar-refractivity contribution in [1.82, 2.24) is 4.90 Å². The lowest BCUT2D eigenvalue weighted by molar-refractivity contribution is -0.141. The van der Waals surface area contributed by atoms with E-state index in [-0.39, 0.29) is 12.0 Å². The number of rotatable bonds is 4. The molecule has 1 aromatic carbocycles. The van der Waals surface area contributed by atoms with Gasteiger partial charge in [-0.1, -0.05) is 54.3 Å². The highest BCUT2D eigenvalue weighted by molar-refractivity contribution is 8.23. The summed E-state index contributed by atoms with van der Waals surface area (Å²) in [6, 6.07) is 10.3. The molecule has 0 radical (unpaired) electrons. The van der Waals surface area contributed by atoms with Gasteiger partial charge in [0, 0.05) is 12.3 Å². The summed E-state index contributed by atoms with van der Waals surface area (Å²) in [6.07, 6.45) is 0.399. The first-order chi connectivity index (χ1) is 8.70. The van der Waals surface area contributed by atoms with Crippen LogP contribution in [0, 0.1) is 0 Å². The highest BCUT2D eigenvalue weighted by Gasteiger charge is 2.30. The van der Waals surface area contributed by atoms with Crippen molar-refractivity contribution in [2.75, 3.05) is 12.9 Å². The Morgan fingerprint density at radius 3 is 2.89 bits per heavy atom. The molecule has 0 amide bonds. The molecule has 2 rings (SSSR count). The van der Waals surface area contributed by atoms with Gasteiger partial charge in [0.2, 0.25) is 0 Å². The highest BCUT2D eigenvalue weighted by atomic mass is 32.2. The van der Waals surface area contributed by atoms with Crippen LogP contribution in [0.4, 0.5) is 0 Å². The van der Waals surface area contributed by atoms with Crippen LogP contribution in [-0.2, 0) is 16.1 Å². The number of carbonyl (C=O) groups is 1. The number of thiocarbonyl (C=S) groups is 1. The molecular formula is C13H15NO2S2. The van der Waals surface area contributed by atoms with E-state index in [1.165, 1.54) is 12.7 Å². The third-order valence-electron chi connectivity index (χ3n) is 2.90. The first-order valence-corrected chi connectivity index (χ1v) is 7.14. The summed E-state index contributed by atoms with van der Waals surface area (Å²) < 4.78 is 5.60. The molecule has 0 spiro atoms. The van der Waals surface area contributed by atoms with Crippen molar-refractivity contribution in [3.05, 3.63) is 35.9 Å². The zero-order chi connectivity index (χ0) is 13.0. The number of methoxy groups -OCH3 is 1. The Morgan fingerprint density at radius 2 is 2.22 bits per heavy atom. The Balaban J connectivity index is 2.04. The van der Waals surface area contributed by atoms with E-state index < -0.39 is 0 Å².